The second kappa shape index (κ2) is 8.42. The molecule has 4 aromatic rings. The molecule has 1 amide bonds. The van der Waals surface area contributed by atoms with Crippen LogP contribution in [-0.2, 0) is 14.8 Å². The number of benzene rings is 3. The lowest BCUT2D eigenvalue weighted by Crippen LogP contribution is -2.15. The Labute approximate surface area is 195 Å². The summed E-state index contributed by atoms with van der Waals surface area (Å²) < 4.78 is 41.6. The molecule has 1 heterocycles. The number of rotatable bonds is 6. The van der Waals surface area contributed by atoms with Gasteiger partial charge < -0.3 is 10.4 Å². The number of pyridine rings is 1. The van der Waals surface area contributed by atoms with Crippen molar-refractivity contribution in [3.05, 3.63) is 90.4 Å². The number of phenols is 1. The number of carbonyl (C=O) groups is 1. The lowest BCUT2D eigenvalue weighted by atomic mass is 10.1. The molecular weight excluding hydrogens is 457 g/mol. The molecular formula is C25H20FN3O4S. The number of halogens is 1. The van der Waals surface area contributed by atoms with Crippen LogP contribution in [0.25, 0.3) is 10.8 Å². The van der Waals surface area contributed by atoms with Crippen molar-refractivity contribution in [3.8, 4) is 5.75 Å². The fourth-order valence-electron chi connectivity index (χ4n) is 3.98. The standard InChI is InChI=1S/C25H20FN3O4S/c26-22-10-11-23(30)18-9-6-16(13-20(18)22)28-25(31)21-14-19(21)15-4-7-17(8-5-15)34(32,33)29-24-3-1-2-12-27-24/h1-13,19,21,30H,14H2,(H,27,29)(H,28,31)/t19?,21-/m1/s1. The Balaban J connectivity index is 1.25. The highest BCUT2D eigenvalue weighted by Crippen LogP contribution is 2.48. The van der Waals surface area contributed by atoms with Gasteiger partial charge in [-0.3, -0.25) is 9.52 Å². The smallest absolute Gasteiger partial charge is 0.263 e. The van der Waals surface area contributed by atoms with Crippen LogP contribution >= 0.6 is 0 Å². The first-order valence-electron chi connectivity index (χ1n) is 10.6. The fraction of sp³-hybridized carbons (Fsp3) is 0.120. The summed E-state index contributed by atoms with van der Waals surface area (Å²) in [6.07, 6.45) is 2.13. The molecule has 7 nitrogen and oxygen atoms in total. The van der Waals surface area contributed by atoms with E-state index >= 15 is 0 Å². The number of fused-ring (bicyclic) bond motifs is 1. The zero-order valence-corrected chi connectivity index (χ0v) is 18.6. The van der Waals surface area contributed by atoms with Crippen molar-refractivity contribution in [2.75, 3.05) is 10.0 Å². The molecule has 2 atom stereocenters. The van der Waals surface area contributed by atoms with E-state index in [2.05, 4.69) is 15.0 Å². The zero-order valence-electron chi connectivity index (χ0n) is 17.8. The highest BCUT2D eigenvalue weighted by atomic mass is 32.2. The summed E-state index contributed by atoms with van der Waals surface area (Å²) in [5.74, 6) is -0.772. The maximum absolute atomic E-state index is 14.1. The highest BCUT2D eigenvalue weighted by molar-refractivity contribution is 7.92. The van der Waals surface area contributed by atoms with Crippen molar-refractivity contribution in [1.82, 2.24) is 4.98 Å². The van der Waals surface area contributed by atoms with Gasteiger partial charge in [-0.05, 0) is 72.5 Å². The first-order valence-corrected chi connectivity index (χ1v) is 12.1. The van der Waals surface area contributed by atoms with Gasteiger partial charge in [0.05, 0.1) is 4.90 Å². The number of phenolic OH excluding ortho intramolecular Hbond substituents is 1. The van der Waals surface area contributed by atoms with E-state index in [0.717, 1.165) is 5.56 Å². The minimum Gasteiger partial charge on any atom is -0.507 e. The first kappa shape index (κ1) is 21.8. The van der Waals surface area contributed by atoms with Crippen LogP contribution in [0.15, 0.2) is 83.9 Å². The Kier molecular flexibility index (Phi) is 5.41. The Hall–Kier alpha value is -3.98. The van der Waals surface area contributed by atoms with Crippen molar-refractivity contribution in [2.45, 2.75) is 17.2 Å². The zero-order chi connectivity index (χ0) is 23.9. The number of hydrogen-bond donors (Lipinski definition) is 3. The quantitative estimate of drug-likeness (QED) is 0.375. The molecule has 0 aliphatic heterocycles. The molecule has 0 bridgehead atoms. The molecule has 1 aliphatic rings. The topological polar surface area (TPSA) is 108 Å². The second-order valence-electron chi connectivity index (χ2n) is 8.15. The summed E-state index contributed by atoms with van der Waals surface area (Å²) in [6.45, 7) is 0. The number of aromatic nitrogens is 1. The van der Waals surface area contributed by atoms with E-state index in [1.807, 2.05) is 0 Å². The van der Waals surface area contributed by atoms with Crippen LogP contribution < -0.4 is 10.0 Å². The SMILES string of the molecule is O=C(Nc1ccc2c(O)ccc(F)c2c1)[C@@H]1CC1c1ccc(S(=O)(=O)Nc2ccccn2)cc1. The molecule has 1 fully saturated rings. The molecule has 3 aromatic carbocycles. The molecule has 9 heteroatoms. The van der Waals surface area contributed by atoms with Crippen LogP contribution in [0.5, 0.6) is 5.75 Å². The summed E-state index contributed by atoms with van der Waals surface area (Å²) in [5.41, 5.74) is 1.31. The minimum absolute atomic E-state index is 0.0262. The molecule has 1 aliphatic carbocycles. The maximum Gasteiger partial charge on any atom is 0.263 e. The summed E-state index contributed by atoms with van der Waals surface area (Å²) >= 11 is 0. The van der Waals surface area contributed by atoms with Crippen LogP contribution in [0, 0.1) is 11.7 Å². The number of hydrogen-bond acceptors (Lipinski definition) is 5. The third kappa shape index (κ3) is 4.29. The molecule has 1 unspecified atom stereocenters. The van der Waals surface area contributed by atoms with E-state index in [0.29, 0.717) is 17.5 Å². The molecule has 1 saturated carbocycles. The summed E-state index contributed by atoms with van der Waals surface area (Å²) in [6, 6.07) is 18.5. The second-order valence-corrected chi connectivity index (χ2v) is 9.84. The van der Waals surface area contributed by atoms with Crippen LogP contribution in [0.3, 0.4) is 0 Å². The van der Waals surface area contributed by atoms with Crippen molar-refractivity contribution in [1.29, 1.82) is 0 Å². The fourth-order valence-corrected chi connectivity index (χ4v) is 4.98. The minimum atomic E-state index is -3.77. The van der Waals surface area contributed by atoms with Crippen molar-refractivity contribution in [2.24, 2.45) is 5.92 Å². The maximum atomic E-state index is 14.1. The van der Waals surface area contributed by atoms with Crippen LogP contribution in [0.1, 0.15) is 17.9 Å². The van der Waals surface area contributed by atoms with Gasteiger partial charge in [-0.15, -0.1) is 0 Å². The van der Waals surface area contributed by atoms with Gasteiger partial charge in [-0.2, -0.15) is 0 Å². The van der Waals surface area contributed by atoms with Crippen molar-refractivity contribution >= 4 is 38.2 Å². The van der Waals surface area contributed by atoms with Gasteiger partial charge in [0, 0.05) is 28.6 Å². The van der Waals surface area contributed by atoms with Gasteiger partial charge in [0.1, 0.15) is 17.4 Å². The Morgan fingerprint density at radius 1 is 1.00 bits per heavy atom. The van der Waals surface area contributed by atoms with Gasteiger partial charge in [0.25, 0.3) is 10.0 Å². The molecule has 3 N–H and O–H groups in total. The van der Waals surface area contributed by atoms with E-state index in [1.165, 1.54) is 36.5 Å². The summed E-state index contributed by atoms with van der Waals surface area (Å²) in [5, 5.41) is 13.3. The van der Waals surface area contributed by atoms with Crippen LogP contribution in [0.2, 0.25) is 0 Å². The lowest BCUT2D eigenvalue weighted by molar-refractivity contribution is -0.117. The molecule has 0 saturated heterocycles. The predicted octanol–water partition coefficient (Wildman–Crippen LogP) is 4.62. The van der Waals surface area contributed by atoms with Crippen molar-refractivity contribution in [3.63, 3.8) is 0 Å². The van der Waals surface area contributed by atoms with Gasteiger partial charge in [0.2, 0.25) is 5.91 Å². The lowest BCUT2D eigenvalue weighted by Gasteiger charge is -2.09. The molecule has 34 heavy (non-hydrogen) atoms. The monoisotopic (exact) mass is 477 g/mol. The van der Waals surface area contributed by atoms with Gasteiger partial charge in [0.15, 0.2) is 0 Å². The third-order valence-electron chi connectivity index (χ3n) is 5.86. The average molecular weight is 478 g/mol. The number of nitrogens with one attached hydrogen (secondary N) is 2. The number of anilines is 2. The van der Waals surface area contributed by atoms with Crippen LogP contribution in [-0.4, -0.2) is 24.4 Å². The highest BCUT2D eigenvalue weighted by Gasteiger charge is 2.44. The first-order chi connectivity index (χ1) is 16.3. The normalized spacial score (nSPS) is 17.3. The van der Waals surface area contributed by atoms with Crippen LogP contribution in [0.4, 0.5) is 15.9 Å². The van der Waals surface area contributed by atoms with Gasteiger partial charge >= 0.3 is 0 Å². The summed E-state index contributed by atoms with van der Waals surface area (Å²) in [7, 11) is -3.77. The number of carbonyl (C=O) groups excluding carboxylic acids is 1. The Bertz CT molecular complexity index is 1490. The molecule has 1 aromatic heterocycles. The third-order valence-corrected chi connectivity index (χ3v) is 7.23. The molecule has 5 rings (SSSR count). The molecule has 172 valence electrons. The van der Waals surface area contributed by atoms with Crippen molar-refractivity contribution < 1.29 is 22.7 Å². The number of sulfonamides is 1. The van der Waals surface area contributed by atoms with Gasteiger partial charge in [-0.25, -0.2) is 17.8 Å². The predicted molar refractivity (Wildman–Crippen MR) is 127 cm³/mol. The van der Waals surface area contributed by atoms with E-state index in [1.54, 1.807) is 42.5 Å². The van der Waals surface area contributed by atoms with E-state index in [9.17, 15) is 22.7 Å². The Morgan fingerprint density at radius 2 is 1.79 bits per heavy atom. The number of nitrogens with zero attached hydrogens (tertiary/aromatic N) is 1. The van der Waals surface area contributed by atoms with Gasteiger partial charge in [-0.1, -0.05) is 18.2 Å². The molecule has 0 radical (unpaired) electrons. The number of amides is 1. The molecule has 0 spiro atoms. The Morgan fingerprint density at radius 3 is 2.53 bits per heavy atom. The van der Waals surface area contributed by atoms with E-state index in [4.69, 9.17) is 0 Å². The average Bonchev–Trinajstić information content (AvgIpc) is 3.63. The number of aromatic hydroxyl groups is 1. The van der Waals surface area contributed by atoms with E-state index in [-0.39, 0.29) is 39.6 Å². The largest absolute Gasteiger partial charge is 0.507 e. The van der Waals surface area contributed by atoms with E-state index < -0.39 is 15.8 Å². The summed E-state index contributed by atoms with van der Waals surface area (Å²) in [4.78, 5) is 16.8.